The number of tetrazole rings is 1. The van der Waals surface area contributed by atoms with Gasteiger partial charge in [-0.2, -0.15) is 5.21 Å². The summed E-state index contributed by atoms with van der Waals surface area (Å²) in [5.74, 6) is -14.4. The number of aromatic amines is 2. The summed E-state index contributed by atoms with van der Waals surface area (Å²) in [6.07, 6.45) is -0.165. The van der Waals surface area contributed by atoms with Crippen molar-refractivity contribution in [1.29, 1.82) is 0 Å². The molecule has 0 unspecified atom stereocenters. The van der Waals surface area contributed by atoms with Crippen LogP contribution in [-0.2, 0) is 103 Å². The van der Waals surface area contributed by atoms with Crippen molar-refractivity contribution in [1.82, 2.24) is 83.8 Å². The van der Waals surface area contributed by atoms with Gasteiger partial charge in [-0.05, 0) is 136 Å². The number of azide groups is 1. The predicted molar refractivity (Wildman–Crippen MR) is 403 cm³/mol. The molecule has 0 saturated heterocycles. The van der Waals surface area contributed by atoms with Crippen molar-refractivity contribution in [3.8, 4) is 16.9 Å². The molecule has 39 heteroatoms. The lowest BCUT2D eigenvalue weighted by Gasteiger charge is -2.34. The molecule has 0 aliphatic heterocycles. The number of unbranched alkanes of at least 4 members (excludes halogenated alkanes) is 1. The molecule has 0 fully saturated rings. The molecule has 6 aromatic rings. The van der Waals surface area contributed by atoms with Crippen molar-refractivity contribution in [2.45, 2.75) is 179 Å². The fraction of sp³-hybridized carbons (Fsp3) is 0.459. The summed E-state index contributed by atoms with van der Waals surface area (Å²) in [5.41, 5.74) is 21.3. The minimum atomic E-state index is -2.41. The molecule has 0 saturated carbocycles. The first kappa shape index (κ1) is 89.6. The van der Waals surface area contributed by atoms with Crippen LogP contribution in [0.15, 0.2) is 109 Å². The lowest BCUT2D eigenvalue weighted by molar-refractivity contribution is -0.143. The van der Waals surface area contributed by atoms with Gasteiger partial charge in [0, 0.05) is 62.1 Å². The van der Waals surface area contributed by atoms with Gasteiger partial charge in [0.15, 0.2) is 5.82 Å². The zero-order chi connectivity index (χ0) is 83.0. The number of aliphatic carboxylic acids is 1. The molecule has 10 atom stereocenters. The minimum Gasteiger partial charge on any atom is -0.494 e. The summed E-state index contributed by atoms with van der Waals surface area (Å²) < 4.78 is 21.5. The van der Waals surface area contributed by atoms with E-state index in [1.54, 1.807) is 36.5 Å². The molecule has 2 heterocycles. The van der Waals surface area contributed by atoms with Gasteiger partial charge in [0.25, 0.3) is 0 Å². The number of carboxylic acids is 1. The number of benzene rings is 4. The zero-order valence-electron chi connectivity index (χ0n) is 63.3. The quantitative estimate of drug-likeness (QED) is 0.00698. The number of aliphatic hydroxyl groups excluding tert-OH is 3. The number of ether oxygens (including phenoxy) is 1. The molecule has 38 nitrogen and oxygen atoms in total. The number of carboxylic acid groups (broad SMARTS) is 1. The van der Waals surface area contributed by atoms with E-state index in [0.29, 0.717) is 75.2 Å². The molecule has 113 heavy (non-hydrogen) atoms. The highest BCUT2D eigenvalue weighted by Crippen LogP contribution is 2.29. The number of aryl methyl sites for hydroxylation is 2. The van der Waals surface area contributed by atoms with Crippen molar-refractivity contribution in [2.75, 3.05) is 32.8 Å². The number of rotatable bonds is 47. The number of carbonyl (C=O) groups excluding carboxylic acids is 11. The smallest absolute Gasteiger partial charge is 0.305 e. The van der Waals surface area contributed by atoms with Gasteiger partial charge in [-0.1, -0.05) is 90.0 Å². The molecular formula is C74H98FN21O17. The third-order valence-electron chi connectivity index (χ3n) is 18.2. The number of carbonyl (C=O) groups is 12. The van der Waals surface area contributed by atoms with Gasteiger partial charge >= 0.3 is 5.97 Å². The van der Waals surface area contributed by atoms with E-state index in [1.807, 2.05) is 43.3 Å². The maximum absolute atomic E-state index is 15.5. The van der Waals surface area contributed by atoms with E-state index in [9.17, 15) is 78.0 Å². The van der Waals surface area contributed by atoms with E-state index in [4.69, 9.17) is 21.7 Å². The van der Waals surface area contributed by atoms with Crippen LogP contribution in [0.3, 0.4) is 0 Å². The molecule has 0 spiro atoms. The number of primary amides is 1. The molecule has 4 aromatic carbocycles. The lowest BCUT2D eigenvalue weighted by Crippen LogP contribution is -2.67. The van der Waals surface area contributed by atoms with E-state index in [-0.39, 0.29) is 30.8 Å². The average Bonchev–Trinajstić information content (AvgIpc) is 0.884. The molecule has 0 radical (unpaired) electrons. The molecule has 608 valence electrons. The predicted octanol–water partition coefficient (Wildman–Crippen LogP) is -1.25. The van der Waals surface area contributed by atoms with Crippen molar-refractivity contribution < 1.29 is 87.1 Å². The summed E-state index contributed by atoms with van der Waals surface area (Å²) in [6.45, 7) is 6.67. The average molecular weight is 1570 g/mol. The number of nitrogens with two attached hydrogens (primary N) is 2. The Labute approximate surface area is 648 Å². The number of halogens is 1. The second-order valence-electron chi connectivity index (χ2n) is 27.5. The summed E-state index contributed by atoms with van der Waals surface area (Å²) in [7, 11) is 0. The van der Waals surface area contributed by atoms with Crippen LogP contribution in [0.2, 0.25) is 0 Å². The standard InChI is InChI=1S/C74H98FN21O17/c1-7-46-32-50(113-30-11-10-28-83-94-78)25-26-51(46)47-23-21-44(22-24-47)31-54(65(105)84-53(63(77)103)16-12-13-43-17-19-45(36-76)20-18-43)85-66(106)56(34-60(101)102)86-67(107)57(39-97)87-68(108)61(41(2)98)90-72(112)74(6,35-48-14-8-9-15-52(48)75)91-69(109)62(42(3)99)89-59(100)38-81-64(104)55(33-58-92-95-96-93-58)88-71(111)73(4,5)70(110)80-29-27-49-37-79-40-82-49/h8-9,14-15,17-26,32,37,40-42,53-57,61-62,97-99H,7,10-13,16,27-31,33-36,38-39,76H2,1-6H3,(H2,77,103)(H,79,82)(H,80,110)(H,81,104)(H,84,105)(H,85,106)(H,86,107)(H,87,108)(H,88,111)(H,89,100)(H,90,112)(H,91,109)(H,101,102)(H,92,93,95,96)/t41-,42-,53+,54+,55+,56+,57+,61+,62+,74-/m1/s1. The maximum Gasteiger partial charge on any atom is 0.305 e. The minimum absolute atomic E-state index is 0.0446. The summed E-state index contributed by atoms with van der Waals surface area (Å²) in [6, 6.07) is 12.2. The van der Waals surface area contributed by atoms with Crippen molar-refractivity contribution in [2.24, 2.45) is 22.0 Å². The molecule has 0 aliphatic carbocycles. The fourth-order valence-electron chi connectivity index (χ4n) is 11.5. The SMILES string of the molecule is CCc1cc(OCCCCN=[N+]=[N-])ccc1-c1ccc(C[C@H](NC(=O)[C@H](CC(=O)O)NC(=O)[C@H](CO)NC(=O)[C@@H](NC(=O)[C@@](C)(Cc2ccccc2F)NC(=O)[C@@H](NC(=O)CNC(=O)[C@H](Cc2nn[nH]n2)NC(=O)C(C)(C)C(=O)NCCc2cnc[nH]2)[C@@H](C)O)[C@@H](C)O)C(=O)N[C@@H](CCCc2ccc(CN)cc2)C(N)=O)cc1. The Bertz CT molecular complexity index is 4280. The number of hydrogen-bond acceptors (Lipinski definition) is 22. The highest BCUT2D eigenvalue weighted by Gasteiger charge is 2.43. The van der Waals surface area contributed by atoms with Crippen LogP contribution in [0.25, 0.3) is 21.6 Å². The van der Waals surface area contributed by atoms with E-state index in [2.05, 4.69) is 93.8 Å². The molecule has 6 rings (SSSR count). The lowest BCUT2D eigenvalue weighted by atomic mass is 9.90. The summed E-state index contributed by atoms with van der Waals surface area (Å²) in [5, 5.41) is 83.2. The molecule has 20 N–H and O–H groups in total. The highest BCUT2D eigenvalue weighted by molar-refractivity contribution is 6.06. The fourth-order valence-corrected chi connectivity index (χ4v) is 11.5. The van der Waals surface area contributed by atoms with E-state index >= 15 is 4.39 Å². The number of hydrogen-bond donors (Lipinski definition) is 18. The second-order valence-corrected chi connectivity index (χ2v) is 27.5. The first-order chi connectivity index (χ1) is 53.8. The van der Waals surface area contributed by atoms with Crippen molar-refractivity contribution in [3.63, 3.8) is 0 Å². The van der Waals surface area contributed by atoms with Crippen LogP contribution in [0.1, 0.15) is 113 Å². The number of amides is 11. The van der Waals surface area contributed by atoms with Gasteiger partial charge < -0.3 is 94.8 Å². The second kappa shape index (κ2) is 43.9. The maximum atomic E-state index is 15.5. The van der Waals surface area contributed by atoms with Crippen molar-refractivity contribution in [3.05, 3.63) is 159 Å². The van der Waals surface area contributed by atoms with Crippen LogP contribution in [0.5, 0.6) is 5.75 Å². The topological polar surface area (TPSA) is 599 Å². The van der Waals surface area contributed by atoms with E-state index in [1.165, 1.54) is 38.4 Å². The molecule has 11 amide bonds. The number of aliphatic hydroxyl groups is 3. The van der Waals surface area contributed by atoms with Crippen LogP contribution in [0, 0.1) is 11.2 Å². The number of nitrogens with zero attached hydrogens (tertiary/aromatic N) is 7. The monoisotopic (exact) mass is 1570 g/mol. The van der Waals surface area contributed by atoms with Crippen LogP contribution in [0.4, 0.5) is 4.39 Å². The largest absolute Gasteiger partial charge is 0.494 e. The molecule has 0 aliphatic rings. The van der Waals surface area contributed by atoms with E-state index in [0.717, 1.165) is 54.7 Å². The number of nitrogens with one attached hydrogen (secondary N) is 12. The Morgan fingerprint density at radius 2 is 1.32 bits per heavy atom. The summed E-state index contributed by atoms with van der Waals surface area (Å²) >= 11 is 0. The Balaban J connectivity index is 1.17. The Morgan fingerprint density at radius 1 is 0.681 bits per heavy atom. The Hall–Kier alpha value is -12.3. The first-order valence-electron chi connectivity index (χ1n) is 36.4. The molecule has 2 aromatic heterocycles. The summed E-state index contributed by atoms with van der Waals surface area (Å²) in [4.78, 5) is 176. The zero-order valence-corrected chi connectivity index (χ0v) is 63.3. The van der Waals surface area contributed by atoms with E-state index < -0.39 is 175 Å². The van der Waals surface area contributed by atoms with Crippen molar-refractivity contribution >= 4 is 70.9 Å². The molecule has 0 bridgehead atoms. The highest BCUT2D eigenvalue weighted by atomic mass is 19.1. The van der Waals surface area contributed by atoms with Crippen LogP contribution in [-0.4, -0.2) is 215 Å². The van der Waals surface area contributed by atoms with Gasteiger partial charge in [0.1, 0.15) is 64.8 Å². The van der Waals surface area contributed by atoms with Gasteiger partial charge in [0.2, 0.25) is 65.0 Å². The normalized spacial score (nSPS) is 14.1. The number of imidazole rings is 1. The van der Waals surface area contributed by atoms with Gasteiger partial charge in [-0.15, -0.1) is 10.2 Å². The van der Waals surface area contributed by atoms with Gasteiger partial charge in [-0.25, -0.2) is 9.37 Å². The van der Waals surface area contributed by atoms with Gasteiger partial charge in [0.05, 0.1) is 44.7 Å². The van der Waals surface area contributed by atoms with Crippen LogP contribution >= 0.6 is 0 Å². The third-order valence-corrected chi connectivity index (χ3v) is 18.2. The van der Waals surface area contributed by atoms with Gasteiger partial charge in [-0.3, -0.25) is 57.5 Å². The molecular weight excluding hydrogens is 1470 g/mol. The Kier molecular flexibility index (Phi) is 34.8. The Morgan fingerprint density at radius 3 is 1.94 bits per heavy atom. The third kappa shape index (κ3) is 27.9. The number of H-pyrrole nitrogens is 2. The number of aromatic nitrogens is 6. The first-order valence-corrected chi connectivity index (χ1v) is 36.4. The van der Waals surface area contributed by atoms with Crippen LogP contribution < -0.4 is 69.4 Å².